The Morgan fingerprint density at radius 3 is 2.46 bits per heavy atom. The molecule has 2 aromatic carbocycles. The molecule has 3 rings (SSSR count). The van der Waals surface area contributed by atoms with Crippen molar-refractivity contribution in [3.63, 3.8) is 0 Å². The van der Waals surface area contributed by atoms with Gasteiger partial charge in [0.2, 0.25) is 0 Å². The average Bonchev–Trinajstić information content (AvgIpc) is 2.88. The Kier molecular flexibility index (Phi) is 5.20. The van der Waals surface area contributed by atoms with Crippen LogP contribution >= 0.6 is 24.0 Å². The Hall–Kier alpha value is -2.12. The number of alkyl halides is 3. The van der Waals surface area contributed by atoms with Crippen molar-refractivity contribution in [3.05, 3.63) is 70.1 Å². The maximum Gasteiger partial charge on any atom is 0.416 e. The van der Waals surface area contributed by atoms with E-state index in [1.165, 1.54) is 17.7 Å². The molecule has 0 spiro atoms. The quantitative estimate of drug-likeness (QED) is 0.495. The van der Waals surface area contributed by atoms with Gasteiger partial charge < -0.3 is 0 Å². The topological polar surface area (TPSA) is 20.3 Å². The fourth-order valence-corrected chi connectivity index (χ4v) is 3.81. The fraction of sp³-hybridized carbons (Fsp3) is 0.158. The van der Waals surface area contributed by atoms with E-state index in [4.69, 9.17) is 12.2 Å². The maximum atomic E-state index is 12.9. The SMILES string of the molecule is CCc1ccc(/C=C2/SC(=S)N(c3cccc(C(F)(F)F)c3)C2=O)cc1. The van der Waals surface area contributed by atoms with Gasteiger partial charge in [-0.1, -0.05) is 61.2 Å². The molecule has 26 heavy (non-hydrogen) atoms. The highest BCUT2D eigenvalue weighted by Gasteiger charge is 2.36. The first-order chi connectivity index (χ1) is 12.3. The lowest BCUT2D eigenvalue weighted by molar-refractivity contribution is -0.137. The smallest absolute Gasteiger partial charge is 0.268 e. The van der Waals surface area contributed by atoms with E-state index < -0.39 is 17.6 Å². The van der Waals surface area contributed by atoms with Gasteiger partial charge in [-0.2, -0.15) is 13.2 Å². The Morgan fingerprint density at radius 2 is 1.85 bits per heavy atom. The Bertz CT molecular complexity index is 888. The predicted molar refractivity (Wildman–Crippen MR) is 103 cm³/mol. The van der Waals surface area contributed by atoms with Crippen LogP contribution in [0.5, 0.6) is 0 Å². The summed E-state index contributed by atoms with van der Waals surface area (Å²) in [5, 5.41) is 0. The first-order valence-electron chi connectivity index (χ1n) is 7.84. The molecule has 134 valence electrons. The molecule has 0 unspecified atom stereocenters. The zero-order valence-corrected chi connectivity index (χ0v) is 15.3. The van der Waals surface area contributed by atoms with Crippen LogP contribution in [-0.2, 0) is 17.4 Å². The third kappa shape index (κ3) is 3.83. The van der Waals surface area contributed by atoms with Crippen LogP contribution in [-0.4, -0.2) is 10.2 Å². The first-order valence-corrected chi connectivity index (χ1v) is 9.06. The molecule has 0 radical (unpaired) electrons. The van der Waals surface area contributed by atoms with Crippen molar-refractivity contribution < 1.29 is 18.0 Å². The van der Waals surface area contributed by atoms with Gasteiger partial charge in [-0.05, 0) is 41.8 Å². The molecule has 2 aromatic rings. The summed E-state index contributed by atoms with van der Waals surface area (Å²) in [6.45, 7) is 2.05. The van der Waals surface area contributed by atoms with Crippen LogP contribution < -0.4 is 4.90 Å². The van der Waals surface area contributed by atoms with E-state index in [0.29, 0.717) is 4.91 Å². The molecular weight excluding hydrogens is 379 g/mol. The summed E-state index contributed by atoms with van der Waals surface area (Å²) in [5.41, 5.74) is 1.32. The second-order valence-electron chi connectivity index (χ2n) is 5.66. The Morgan fingerprint density at radius 1 is 1.15 bits per heavy atom. The molecule has 1 fully saturated rings. The Labute approximate surface area is 158 Å². The highest BCUT2D eigenvalue weighted by atomic mass is 32.2. The summed E-state index contributed by atoms with van der Waals surface area (Å²) >= 11 is 6.30. The van der Waals surface area contributed by atoms with Crippen molar-refractivity contribution in [2.75, 3.05) is 4.90 Å². The third-order valence-electron chi connectivity index (χ3n) is 3.91. The number of amides is 1. The molecule has 0 aromatic heterocycles. The summed E-state index contributed by atoms with van der Waals surface area (Å²) in [4.78, 5) is 14.2. The van der Waals surface area contributed by atoms with Crippen LogP contribution in [0.4, 0.5) is 18.9 Å². The third-order valence-corrected chi connectivity index (χ3v) is 5.21. The molecule has 1 heterocycles. The standard InChI is InChI=1S/C19H14F3NOS2/c1-2-12-6-8-13(9-7-12)10-16-17(24)23(18(25)26-16)15-5-3-4-14(11-15)19(20,21)22/h3-11H,2H2,1H3/b16-10+. The largest absolute Gasteiger partial charge is 0.416 e. The summed E-state index contributed by atoms with van der Waals surface area (Å²) in [5.74, 6) is -0.418. The van der Waals surface area contributed by atoms with E-state index in [1.807, 2.05) is 24.3 Å². The number of benzene rings is 2. The molecule has 7 heteroatoms. The Balaban J connectivity index is 1.90. The number of carbonyl (C=O) groups is 1. The molecule has 0 N–H and O–H groups in total. The molecule has 2 nitrogen and oxygen atoms in total. The van der Waals surface area contributed by atoms with Gasteiger partial charge in [0.05, 0.1) is 16.2 Å². The molecule has 1 saturated heterocycles. The van der Waals surface area contributed by atoms with Crippen LogP contribution in [0.15, 0.2) is 53.4 Å². The van der Waals surface area contributed by atoms with Crippen molar-refractivity contribution in [2.24, 2.45) is 0 Å². The summed E-state index contributed by atoms with van der Waals surface area (Å²) < 4.78 is 39.0. The number of carbonyl (C=O) groups excluding carboxylic acids is 1. The van der Waals surface area contributed by atoms with E-state index in [9.17, 15) is 18.0 Å². The van der Waals surface area contributed by atoms with Gasteiger partial charge in [-0.3, -0.25) is 9.69 Å². The lowest BCUT2D eigenvalue weighted by Gasteiger charge is -2.16. The lowest BCUT2D eigenvalue weighted by Crippen LogP contribution is -2.27. The molecule has 0 atom stereocenters. The highest BCUT2D eigenvalue weighted by Crippen LogP contribution is 2.38. The zero-order valence-electron chi connectivity index (χ0n) is 13.7. The summed E-state index contributed by atoms with van der Waals surface area (Å²) in [6.07, 6.45) is -1.86. The number of nitrogens with zero attached hydrogens (tertiary/aromatic N) is 1. The molecular formula is C19H14F3NOS2. The monoisotopic (exact) mass is 393 g/mol. The lowest BCUT2D eigenvalue weighted by atomic mass is 10.1. The van der Waals surface area contributed by atoms with Gasteiger partial charge in [-0.25, -0.2) is 0 Å². The van der Waals surface area contributed by atoms with E-state index in [-0.39, 0.29) is 10.0 Å². The second-order valence-corrected chi connectivity index (χ2v) is 7.34. The van der Waals surface area contributed by atoms with Gasteiger partial charge in [0.25, 0.3) is 5.91 Å². The summed E-state index contributed by atoms with van der Waals surface area (Å²) in [6, 6.07) is 12.4. The molecule has 0 bridgehead atoms. The number of aryl methyl sites for hydroxylation is 1. The van der Waals surface area contributed by atoms with Crippen molar-refractivity contribution in [1.82, 2.24) is 0 Å². The van der Waals surface area contributed by atoms with Gasteiger partial charge in [0.15, 0.2) is 4.32 Å². The maximum absolute atomic E-state index is 12.9. The minimum Gasteiger partial charge on any atom is -0.268 e. The summed E-state index contributed by atoms with van der Waals surface area (Å²) in [7, 11) is 0. The van der Waals surface area contributed by atoms with Crippen LogP contribution in [0.1, 0.15) is 23.6 Å². The fourth-order valence-electron chi connectivity index (χ4n) is 2.51. The van der Waals surface area contributed by atoms with Crippen molar-refractivity contribution in [2.45, 2.75) is 19.5 Å². The van der Waals surface area contributed by atoms with Crippen molar-refractivity contribution >= 4 is 46.0 Å². The van der Waals surface area contributed by atoms with Gasteiger partial charge >= 0.3 is 6.18 Å². The number of thiocarbonyl (C=S) groups is 1. The van der Waals surface area contributed by atoms with Gasteiger partial charge in [0.1, 0.15) is 0 Å². The molecule has 0 aliphatic carbocycles. The minimum atomic E-state index is -4.48. The average molecular weight is 393 g/mol. The number of hydrogen-bond donors (Lipinski definition) is 0. The van der Waals surface area contributed by atoms with Crippen LogP contribution in [0.25, 0.3) is 6.08 Å². The number of halogens is 3. The van der Waals surface area contributed by atoms with E-state index in [2.05, 4.69) is 6.92 Å². The van der Waals surface area contributed by atoms with Crippen LogP contribution in [0.3, 0.4) is 0 Å². The van der Waals surface area contributed by atoms with Gasteiger partial charge in [0, 0.05) is 0 Å². The number of rotatable bonds is 3. The van der Waals surface area contributed by atoms with Crippen molar-refractivity contribution in [3.8, 4) is 0 Å². The van der Waals surface area contributed by atoms with Crippen LogP contribution in [0, 0.1) is 0 Å². The molecule has 0 saturated carbocycles. The number of thioether (sulfide) groups is 1. The minimum absolute atomic E-state index is 0.118. The number of anilines is 1. The van der Waals surface area contributed by atoms with Crippen molar-refractivity contribution in [1.29, 1.82) is 0 Å². The predicted octanol–water partition coefficient (Wildman–Crippen LogP) is 5.67. The van der Waals surface area contributed by atoms with E-state index >= 15 is 0 Å². The highest BCUT2D eigenvalue weighted by molar-refractivity contribution is 8.27. The first kappa shape index (κ1) is 18.7. The number of hydrogen-bond acceptors (Lipinski definition) is 3. The molecule has 1 aliphatic heterocycles. The van der Waals surface area contributed by atoms with Crippen LogP contribution in [0.2, 0.25) is 0 Å². The normalized spacial score (nSPS) is 16.6. The van der Waals surface area contributed by atoms with E-state index in [0.717, 1.165) is 40.8 Å². The zero-order chi connectivity index (χ0) is 18.9. The van der Waals surface area contributed by atoms with Gasteiger partial charge in [-0.15, -0.1) is 0 Å². The van der Waals surface area contributed by atoms with E-state index in [1.54, 1.807) is 6.08 Å². The molecule has 1 amide bonds. The second kappa shape index (κ2) is 7.25. The molecule has 1 aliphatic rings.